The number of nitrogens with two attached hydrogens (primary N) is 1. The second-order valence-corrected chi connectivity index (χ2v) is 6.96. The fourth-order valence-corrected chi connectivity index (χ4v) is 2.70. The van der Waals surface area contributed by atoms with E-state index in [9.17, 15) is 9.00 Å². The SMILES string of the molecule is CC(C)S(=O)C(C)C(=O)Nc1ccc(N)cc1Cl. The number of anilines is 2. The number of amides is 1. The van der Waals surface area contributed by atoms with E-state index in [1.807, 2.05) is 13.8 Å². The molecule has 0 radical (unpaired) electrons. The Morgan fingerprint density at radius 3 is 2.50 bits per heavy atom. The first-order valence-corrected chi connectivity index (χ1v) is 7.23. The molecule has 0 aromatic heterocycles. The van der Waals surface area contributed by atoms with Crippen molar-refractivity contribution in [1.29, 1.82) is 0 Å². The Hall–Kier alpha value is -1.07. The van der Waals surface area contributed by atoms with Crippen LogP contribution in [0, 0.1) is 0 Å². The van der Waals surface area contributed by atoms with E-state index in [4.69, 9.17) is 17.3 Å². The third kappa shape index (κ3) is 3.71. The van der Waals surface area contributed by atoms with Crippen LogP contribution in [0.25, 0.3) is 0 Å². The molecule has 1 amide bonds. The largest absolute Gasteiger partial charge is 0.399 e. The molecule has 0 saturated carbocycles. The zero-order valence-electron chi connectivity index (χ0n) is 10.6. The van der Waals surface area contributed by atoms with Crippen molar-refractivity contribution in [2.75, 3.05) is 11.1 Å². The van der Waals surface area contributed by atoms with Crippen molar-refractivity contribution in [3.8, 4) is 0 Å². The molecule has 0 aliphatic carbocycles. The highest BCUT2D eigenvalue weighted by molar-refractivity contribution is 7.87. The van der Waals surface area contributed by atoms with E-state index >= 15 is 0 Å². The van der Waals surface area contributed by atoms with Gasteiger partial charge < -0.3 is 11.1 Å². The van der Waals surface area contributed by atoms with Crippen LogP contribution in [0.4, 0.5) is 11.4 Å². The summed E-state index contributed by atoms with van der Waals surface area (Å²) in [6.07, 6.45) is 0. The van der Waals surface area contributed by atoms with Gasteiger partial charge in [0.25, 0.3) is 0 Å². The van der Waals surface area contributed by atoms with Crippen LogP contribution in [0.5, 0.6) is 0 Å². The lowest BCUT2D eigenvalue weighted by atomic mass is 10.2. The maximum atomic E-state index is 11.9. The number of carbonyl (C=O) groups is 1. The number of nitrogens with one attached hydrogen (secondary N) is 1. The highest BCUT2D eigenvalue weighted by Gasteiger charge is 2.22. The van der Waals surface area contributed by atoms with Crippen molar-refractivity contribution in [3.63, 3.8) is 0 Å². The topological polar surface area (TPSA) is 72.2 Å². The monoisotopic (exact) mass is 288 g/mol. The summed E-state index contributed by atoms with van der Waals surface area (Å²) in [7, 11) is -1.21. The first-order chi connectivity index (χ1) is 8.32. The normalized spacial score (nSPS) is 14.3. The molecule has 2 atom stereocenters. The van der Waals surface area contributed by atoms with Crippen molar-refractivity contribution in [2.45, 2.75) is 31.3 Å². The number of rotatable bonds is 4. The third-order valence-electron chi connectivity index (χ3n) is 2.43. The van der Waals surface area contributed by atoms with Crippen LogP contribution in [-0.4, -0.2) is 20.6 Å². The Morgan fingerprint density at radius 1 is 1.39 bits per heavy atom. The van der Waals surface area contributed by atoms with Gasteiger partial charge in [-0.3, -0.25) is 9.00 Å². The Bertz CT molecular complexity index is 477. The van der Waals surface area contributed by atoms with Gasteiger partial charge >= 0.3 is 0 Å². The van der Waals surface area contributed by atoms with Crippen LogP contribution < -0.4 is 11.1 Å². The number of benzene rings is 1. The van der Waals surface area contributed by atoms with Crippen molar-refractivity contribution in [1.82, 2.24) is 0 Å². The van der Waals surface area contributed by atoms with Crippen LogP contribution in [0.15, 0.2) is 18.2 Å². The van der Waals surface area contributed by atoms with Gasteiger partial charge in [0.15, 0.2) is 0 Å². The highest BCUT2D eigenvalue weighted by atomic mass is 35.5. The van der Waals surface area contributed by atoms with E-state index in [0.29, 0.717) is 16.4 Å². The molecule has 0 fully saturated rings. The molecule has 100 valence electrons. The fourth-order valence-electron chi connectivity index (χ4n) is 1.38. The minimum Gasteiger partial charge on any atom is -0.399 e. The van der Waals surface area contributed by atoms with Gasteiger partial charge in [-0.2, -0.15) is 0 Å². The summed E-state index contributed by atoms with van der Waals surface area (Å²) in [6, 6.07) is 4.83. The van der Waals surface area contributed by atoms with Gasteiger partial charge in [-0.1, -0.05) is 25.4 Å². The van der Waals surface area contributed by atoms with Gasteiger partial charge in [0.05, 0.1) is 10.7 Å². The molecule has 0 saturated heterocycles. The maximum Gasteiger partial charge on any atom is 0.239 e. The van der Waals surface area contributed by atoms with Crippen molar-refractivity contribution >= 4 is 39.7 Å². The van der Waals surface area contributed by atoms with Gasteiger partial charge in [0.2, 0.25) is 5.91 Å². The molecule has 4 nitrogen and oxygen atoms in total. The standard InChI is InChI=1S/C12H17ClN2O2S/c1-7(2)18(17)8(3)12(16)15-11-5-4-9(14)6-10(11)13/h4-8H,14H2,1-3H3,(H,15,16). The van der Waals surface area contributed by atoms with E-state index in [1.54, 1.807) is 25.1 Å². The summed E-state index contributed by atoms with van der Waals surface area (Å²) in [4.78, 5) is 11.9. The van der Waals surface area contributed by atoms with Crippen LogP contribution in [-0.2, 0) is 15.6 Å². The molecule has 1 aromatic carbocycles. The molecule has 18 heavy (non-hydrogen) atoms. The maximum absolute atomic E-state index is 11.9. The van der Waals surface area contributed by atoms with E-state index in [2.05, 4.69) is 5.32 Å². The van der Waals surface area contributed by atoms with E-state index < -0.39 is 16.0 Å². The lowest BCUT2D eigenvalue weighted by molar-refractivity contribution is -0.115. The van der Waals surface area contributed by atoms with Gasteiger partial charge in [-0.05, 0) is 25.1 Å². The number of carbonyl (C=O) groups excluding carboxylic acids is 1. The molecule has 1 aromatic rings. The molecule has 0 spiro atoms. The first kappa shape index (κ1) is 15.0. The van der Waals surface area contributed by atoms with Gasteiger partial charge in [0.1, 0.15) is 5.25 Å². The van der Waals surface area contributed by atoms with E-state index in [-0.39, 0.29) is 11.2 Å². The first-order valence-electron chi connectivity index (χ1n) is 5.58. The zero-order valence-corrected chi connectivity index (χ0v) is 12.1. The molecule has 2 unspecified atom stereocenters. The minimum atomic E-state index is -1.21. The molecule has 0 bridgehead atoms. The van der Waals surface area contributed by atoms with Crippen LogP contribution >= 0.6 is 11.6 Å². The summed E-state index contributed by atoms with van der Waals surface area (Å²) < 4.78 is 11.8. The second-order valence-electron chi connectivity index (χ2n) is 4.25. The Labute approximate surface area is 114 Å². The van der Waals surface area contributed by atoms with Crippen LogP contribution in [0.1, 0.15) is 20.8 Å². The molecule has 3 N–H and O–H groups in total. The average Bonchev–Trinajstić information content (AvgIpc) is 2.30. The van der Waals surface area contributed by atoms with Crippen LogP contribution in [0.3, 0.4) is 0 Å². The highest BCUT2D eigenvalue weighted by Crippen LogP contribution is 2.24. The van der Waals surface area contributed by atoms with Crippen molar-refractivity contribution in [2.24, 2.45) is 0 Å². The van der Waals surface area contributed by atoms with Crippen LogP contribution in [0.2, 0.25) is 5.02 Å². The predicted octanol–water partition coefficient (Wildman–Crippen LogP) is 2.41. The Kier molecular flexibility index (Phi) is 5.16. The molecule has 0 aliphatic heterocycles. The molecule has 0 aliphatic rings. The Balaban J connectivity index is 2.79. The number of hydrogen-bond donors (Lipinski definition) is 2. The fraction of sp³-hybridized carbons (Fsp3) is 0.417. The molecule has 6 heteroatoms. The lowest BCUT2D eigenvalue weighted by Gasteiger charge is -2.15. The smallest absolute Gasteiger partial charge is 0.239 e. The summed E-state index contributed by atoms with van der Waals surface area (Å²) in [5.74, 6) is -0.311. The molecular formula is C12H17ClN2O2S. The quantitative estimate of drug-likeness (QED) is 0.836. The molecule has 1 rings (SSSR count). The third-order valence-corrected chi connectivity index (χ3v) is 4.59. The Morgan fingerprint density at radius 2 is 2.00 bits per heavy atom. The van der Waals surface area contributed by atoms with E-state index in [0.717, 1.165) is 0 Å². The summed E-state index contributed by atoms with van der Waals surface area (Å²) in [5, 5.41) is 2.37. The predicted molar refractivity (Wildman–Crippen MR) is 77.2 cm³/mol. The number of hydrogen-bond acceptors (Lipinski definition) is 3. The van der Waals surface area contributed by atoms with Gasteiger partial charge in [-0.15, -0.1) is 0 Å². The minimum absolute atomic E-state index is 0.0624. The number of nitrogen functional groups attached to an aromatic ring is 1. The lowest BCUT2D eigenvalue weighted by Crippen LogP contribution is -2.32. The van der Waals surface area contributed by atoms with Crippen molar-refractivity contribution in [3.05, 3.63) is 23.2 Å². The van der Waals surface area contributed by atoms with Crippen molar-refractivity contribution < 1.29 is 9.00 Å². The van der Waals surface area contributed by atoms with Gasteiger partial charge in [0, 0.05) is 21.7 Å². The second kappa shape index (κ2) is 6.20. The van der Waals surface area contributed by atoms with Gasteiger partial charge in [-0.25, -0.2) is 0 Å². The van der Waals surface area contributed by atoms with E-state index in [1.165, 1.54) is 0 Å². The number of halogens is 1. The summed E-state index contributed by atoms with van der Waals surface area (Å²) >= 11 is 5.95. The molecular weight excluding hydrogens is 272 g/mol. The summed E-state index contributed by atoms with van der Waals surface area (Å²) in [6.45, 7) is 5.27. The summed E-state index contributed by atoms with van der Waals surface area (Å²) in [5.41, 5.74) is 6.56. The zero-order chi connectivity index (χ0) is 13.9. The molecule has 0 heterocycles. The average molecular weight is 289 g/mol.